The molecule has 0 radical (unpaired) electrons. The highest BCUT2D eigenvalue weighted by atomic mass is 15.0. The van der Waals surface area contributed by atoms with Gasteiger partial charge in [-0.3, -0.25) is 0 Å². The Kier molecular flexibility index (Phi) is 4.94. The minimum Gasteiger partial charge on any atom is -0.315 e. The van der Waals surface area contributed by atoms with Crippen LogP contribution in [0.2, 0.25) is 0 Å². The Morgan fingerprint density at radius 1 is 1.00 bits per heavy atom. The molecular weight excluding hydrogens is 184 g/mol. The molecule has 1 unspecified atom stereocenters. The molecule has 2 nitrogen and oxygen atoms in total. The minimum atomic E-state index is 0.752. The fourth-order valence-corrected chi connectivity index (χ4v) is 2.99. The van der Waals surface area contributed by atoms with Crippen molar-refractivity contribution in [3.63, 3.8) is 0 Å². The van der Waals surface area contributed by atoms with Crippen LogP contribution in [0.1, 0.15) is 51.4 Å². The Morgan fingerprint density at radius 3 is 2.60 bits per heavy atom. The lowest BCUT2D eigenvalue weighted by molar-refractivity contribution is 0.316. The van der Waals surface area contributed by atoms with E-state index in [0.717, 1.165) is 12.0 Å². The van der Waals surface area contributed by atoms with Crippen LogP contribution in [-0.2, 0) is 0 Å². The van der Waals surface area contributed by atoms with E-state index in [4.69, 9.17) is 0 Å². The second-order valence-electron chi connectivity index (χ2n) is 5.29. The molecule has 1 aliphatic heterocycles. The number of rotatable bonds is 4. The van der Waals surface area contributed by atoms with E-state index in [2.05, 4.69) is 10.6 Å². The van der Waals surface area contributed by atoms with Crippen LogP contribution in [0.5, 0.6) is 0 Å². The molecule has 1 saturated carbocycles. The molecule has 0 aromatic carbocycles. The first-order valence-electron chi connectivity index (χ1n) is 6.89. The van der Waals surface area contributed by atoms with Gasteiger partial charge in [0.05, 0.1) is 0 Å². The second kappa shape index (κ2) is 6.49. The van der Waals surface area contributed by atoms with Crippen LogP contribution >= 0.6 is 0 Å². The molecule has 1 saturated heterocycles. The largest absolute Gasteiger partial charge is 0.315 e. The Balaban J connectivity index is 1.53. The first kappa shape index (κ1) is 11.4. The topological polar surface area (TPSA) is 24.1 Å². The maximum absolute atomic E-state index is 3.71. The van der Waals surface area contributed by atoms with Gasteiger partial charge in [-0.15, -0.1) is 0 Å². The molecule has 0 spiro atoms. The van der Waals surface area contributed by atoms with E-state index in [0.29, 0.717) is 0 Å². The Bertz CT molecular complexity index is 140. The first-order chi connectivity index (χ1) is 7.45. The molecule has 15 heavy (non-hydrogen) atoms. The van der Waals surface area contributed by atoms with Gasteiger partial charge in [0.2, 0.25) is 0 Å². The molecule has 1 aliphatic carbocycles. The highest BCUT2D eigenvalue weighted by molar-refractivity contribution is 4.75. The molecule has 0 aromatic rings. The zero-order valence-electron chi connectivity index (χ0n) is 9.93. The number of hydrogen-bond donors (Lipinski definition) is 2. The Hall–Kier alpha value is -0.0800. The molecule has 0 aromatic heterocycles. The van der Waals surface area contributed by atoms with Crippen molar-refractivity contribution < 1.29 is 0 Å². The van der Waals surface area contributed by atoms with E-state index >= 15 is 0 Å². The van der Waals surface area contributed by atoms with Gasteiger partial charge in [-0.2, -0.15) is 0 Å². The lowest BCUT2D eigenvalue weighted by atomic mass is 9.87. The van der Waals surface area contributed by atoms with Crippen LogP contribution < -0.4 is 10.6 Å². The summed E-state index contributed by atoms with van der Waals surface area (Å²) in [6.45, 7) is 3.66. The number of piperidine rings is 1. The van der Waals surface area contributed by atoms with E-state index in [1.165, 1.54) is 71.0 Å². The smallest absolute Gasteiger partial charge is 0.0192 e. The lowest BCUT2D eigenvalue weighted by Gasteiger charge is -2.26. The van der Waals surface area contributed by atoms with Crippen molar-refractivity contribution in [3.8, 4) is 0 Å². The molecule has 0 bridgehead atoms. The monoisotopic (exact) mass is 210 g/mol. The van der Waals surface area contributed by atoms with Crippen LogP contribution in [-0.4, -0.2) is 25.7 Å². The molecule has 2 heteroatoms. The van der Waals surface area contributed by atoms with Crippen molar-refractivity contribution in [2.24, 2.45) is 5.92 Å². The summed E-state index contributed by atoms with van der Waals surface area (Å²) in [5, 5.41) is 7.17. The van der Waals surface area contributed by atoms with Crippen molar-refractivity contribution >= 4 is 0 Å². The quantitative estimate of drug-likeness (QED) is 0.744. The molecule has 2 aliphatic rings. The predicted molar refractivity (Wildman–Crippen MR) is 65.1 cm³/mol. The summed E-state index contributed by atoms with van der Waals surface area (Å²) in [5.74, 6) is 1.03. The molecule has 88 valence electrons. The van der Waals surface area contributed by atoms with Gasteiger partial charge in [0.15, 0.2) is 0 Å². The number of hydrogen-bond acceptors (Lipinski definition) is 2. The van der Waals surface area contributed by atoms with Crippen molar-refractivity contribution in [2.45, 2.75) is 57.4 Å². The van der Waals surface area contributed by atoms with E-state index in [-0.39, 0.29) is 0 Å². The zero-order chi connectivity index (χ0) is 10.3. The zero-order valence-corrected chi connectivity index (χ0v) is 9.93. The lowest BCUT2D eigenvalue weighted by Crippen LogP contribution is -2.43. The van der Waals surface area contributed by atoms with Crippen molar-refractivity contribution in [3.05, 3.63) is 0 Å². The normalized spacial score (nSPS) is 29.2. The Morgan fingerprint density at radius 2 is 1.87 bits per heavy atom. The van der Waals surface area contributed by atoms with E-state index < -0.39 is 0 Å². The third-order valence-electron chi connectivity index (χ3n) is 4.01. The highest BCUT2D eigenvalue weighted by Gasteiger charge is 2.15. The summed E-state index contributed by atoms with van der Waals surface area (Å²) in [7, 11) is 0. The predicted octanol–water partition coefficient (Wildman–Crippen LogP) is 2.30. The molecule has 2 fully saturated rings. The second-order valence-corrected chi connectivity index (χ2v) is 5.29. The minimum absolute atomic E-state index is 0.752. The maximum atomic E-state index is 3.71. The average molecular weight is 210 g/mol. The highest BCUT2D eigenvalue weighted by Crippen LogP contribution is 2.25. The molecule has 1 atom stereocenters. The van der Waals surface area contributed by atoms with Crippen LogP contribution in [0.4, 0.5) is 0 Å². The molecule has 1 heterocycles. The summed E-state index contributed by atoms with van der Waals surface area (Å²) in [6.07, 6.45) is 11.6. The summed E-state index contributed by atoms with van der Waals surface area (Å²) >= 11 is 0. The molecule has 2 rings (SSSR count). The van der Waals surface area contributed by atoms with Gasteiger partial charge in [-0.1, -0.05) is 32.1 Å². The van der Waals surface area contributed by atoms with Gasteiger partial charge in [-0.05, 0) is 38.3 Å². The van der Waals surface area contributed by atoms with Crippen LogP contribution in [0.25, 0.3) is 0 Å². The van der Waals surface area contributed by atoms with Gasteiger partial charge in [0, 0.05) is 12.6 Å². The van der Waals surface area contributed by atoms with Crippen molar-refractivity contribution in [2.75, 3.05) is 19.6 Å². The maximum Gasteiger partial charge on any atom is 0.0192 e. The summed E-state index contributed by atoms with van der Waals surface area (Å²) < 4.78 is 0. The van der Waals surface area contributed by atoms with Crippen LogP contribution in [0.15, 0.2) is 0 Å². The van der Waals surface area contributed by atoms with Crippen molar-refractivity contribution in [1.82, 2.24) is 10.6 Å². The summed E-state index contributed by atoms with van der Waals surface area (Å²) in [5.41, 5.74) is 0. The van der Waals surface area contributed by atoms with E-state index in [1.54, 1.807) is 0 Å². The Labute approximate surface area is 94.2 Å². The number of nitrogens with one attached hydrogen (secondary N) is 2. The van der Waals surface area contributed by atoms with Crippen LogP contribution in [0.3, 0.4) is 0 Å². The van der Waals surface area contributed by atoms with Gasteiger partial charge in [0.25, 0.3) is 0 Å². The molecular formula is C13H26N2. The van der Waals surface area contributed by atoms with Gasteiger partial charge in [-0.25, -0.2) is 0 Å². The van der Waals surface area contributed by atoms with Gasteiger partial charge >= 0.3 is 0 Å². The van der Waals surface area contributed by atoms with Gasteiger partial charge < -0.3 is 10.6 Å². The summed E-state index contributed by atoms with van der Waals surface area (Å²) in [6, 6.07) is 0.752. The standard InChI is InChI=1S/C13H26N2/c1-2-5-12(6-3-1)8-10-15-13-7-4-9-14-11-13/h12-15H,1-11H2. The first-order valence-corrected chi connectivity index (χ1v) is 6.89. The van der Waals surface area contributed by atoms with E-state index in [1.807, 2.05) is 0 Å². The third-order valence-corrected chi connectivity index (χ3v) is 4.01. The molecule has 2 N–H and O–H groups in total. The SMILES string of the molecule is C1CCC(CCNC2CCCNC2)CC1. The van der Waals surface area contributed by atoms with Gasteiger partial charge in [0.1, 0.15) is 0 Å². The van der Waals surface area contributed by atoms with Crippen molar-refractivity contribution in [1.29, 1.82) is 0 Å². The fraction of sp³-hybridized carbons (Fsp3) is 1.00. The third kappa shape index (κ3) is 4.12. The fourth-order valence-electron chi connectivity index (χ4n) is 2.99. The van der Waals surface area contributed by atoms with Crippen LogP contribution in [0, 0.1) is 5.92 Å². The average Bonchev–Trinajstić information content (AvgIpc) is 2.32. The molecule has 0 amide bonds. The summed E-state index contributed by atoms with van der Waals surface area (Å²) in [4.78, 5) is 0. The van der Waals surface area contributed by atoms with E-state index in [9.17, 15) is 0 Å².